The van der Waals surface area contributed by atoms with Gasteiger partial charge < -0.3 is 9.26 Å². The fourth-order valence-corrected chi connectivity index (χ4v) is 3.13. The number of nitrogens with one attached hydrogen (secondary N) is 1. The lowest BCUT2D eigenvalue weighted by atomic mass is 10.1. The zero-order valence-corrected chi connectivity index (χ0v) is 15.6. The number of ether oxygens (including phenoxy) is 1. The summed E-state index contributed by atoms with van der Waals surface area (Å²) < 4.78 is 10.1. The van der Waals surface area contributed by atoms with E-state index in [-0.39, 0.29) is 17.0 Å². The Morgan fingerprint density at radius 2 is 2.00 bits per heavy atom. The van der Waals surface area contributed by atoms with Crippen molar-refractivity contribution in [1.29, 1.82) is 0 Å². The largest absolute Gasteiger partial charge is 0.452 e. The van der Waals surface area contributed by atoms with E-state index in [0.717, 1.165) is 0 Å². The molecule has 0 bridgehead atoms. The average Bonchev–Trinajstić information content (AvgIpc) is 3.30. The number of hydrogen-bond acceptors (Lipinski definition) is 7. The summed E-state index contributed by atoms with van der Waals surface area (Å²) in [6.07, 6.45) is 0. The molecule has 7 nitrogen and oxygen atoms in total. The molecule has 27 heavy (non-hydrogen) atoms. The van der Waals surface area contributed by atoms with Crippen LogP contribution in [0.1, 0.15) is 25.8 Å². The quantitative estimate of drug-likeness (QED) is 0.653. The number of carbonyl (C=O) groups is 3. The van der Waals surface area contributed by atoms with E-state index in [1.54, 1.807) is 48.7 Å². The van der Waals surface area contributed by atoms with Crippen LogP contribution in [0, 0.1) is 6.92 Å². The molecule has 0 aliphatic carbocycles. The molecular weight excluding hydrogens is 392 g/mol. The monoisotopic (exact) mass is 404 g/mol. The Bertz CT molecular complexity index is 997. The second-order valence-electron chi connectivity index (χ2n) is 5.37. The van der Waals surface area contributed by atoms with Gasteiger partial charge in [-0.1, -0.05) is 41.0 Å². The highest BCUT2D eigenvalue weighted by molar-refractivity contribution is 7.12. The fourth-order valence-electron chi connectivity index (χ4n) is 2.28. The molecule has 0 radical (unpaired) electrons. The minimum Gasteiger partial charge on any atom is -0.452 e. The van der Waals surface area contributed by atoms with Crippen LogP contribution in [-0.2, 0) is 9.53 Å². The van der Waals surface area contributed by atoms with Crippen molar-refractivity contribution in [3.8, 4) is 11.3 Å². The van der Waals surface area contributed by atoms with E-state index in [1.807, 2.05) is 0 Å². The van der Waals surface area contributed by atoms with Gasteiger partial charge in [-0.05, 0) is 24.4 Å². The van der Waals surface area contributed by atoms with E-state index in [1.165, 1.54) is 11.3 Å². The molecule has 3 rings (SSSR count). The van der Waals surface area contributed by atoms with E-state index in [0.29, 0.717) is 15.5 Å². The van der Waals surface area contributed by atoms with E-state index < -0.39 is 24.4 Å². The zero-order valence-electron chi connectivity index (χ0n) is 14.0. The molecule has 0 aliphatic rings. The van der Waals surface area contributed by atoms with Gasteiger partial charge in [0.2, 0.25) is 0 Å². The summed E-state index contributed by atoms with van der Waals surface area (Å²) in [5.74, 6) is -1.87. The van der Waals surface area contributed by atoms with Crippen molar-refractivity contribution < 1.29 is 23.6 Å². The van der Waals surface area contributed by atoms with Crippen LogP contribution in [0.25, 0.3) is 11.3 Å². The maximum atomic E-state index is 12.4. The van der Waals surface area contributed by atoms with Crippen molar-refractivity contribution in [3.05, 3.63) is 63.0 Å². The number of esters is 1. The minimum atomic E-state index is -0.803. The lowest BCUT2D eigenvalue weighted by Crippen LogP contribution is -2.33. The Kier molecular flexibility index (Phi) is 5.68. The topological polar surface area (TPSA) is 98.5 Å². The lowest BCUT2D eigenvalue weighted by molar-refractivity contribution is -0.123. The number of imide groups is 1. The van der Waals surface area contributed by atoms with Gasteiger partial charge in [0.1, 0.15) is 17.0 Å². The van der Waals surface area contributed by atoms with Crippen molar-refractivity contribution in [2.75, 3.05) is 6.61 Å². The third-order valence-corrected chi connectivity index (χ3v) is 4.73. The Labute approximate surface area is 162 Å². The second kappa shape index (κ2) is 8.15. The lowest BCUT2D eigenvalue weighted by Gasteiger charge is -2.06. The Morgan fingerprint density at radius 3 is 2.70 bits per heavy atom. The first kappa shape index (κ1) is 18.8. The van der Waals surface area contributed by atoms with E-state index >= 15 is 0 Å². The third-order valence-electron chi connectivity index (χ3n) is 3.53. The van der Waals surface area contributed by atoms with Crippen LogP contribution in [0.2, 0.25) is 5.02 Å². The summed E-state index contributed by atoms with van der Waals surface area (Å²) in [5, 5.41) is 8.11. The molecule has 0 spiro atoms. The molecule has 0 fully saturated rings. The van der Waals surface area contributed by atoms with Crippen molar-refractivity contribution >= 4 is 40.7 Å². The van der Waals surface area contributed by atoms with Gasteiger partial charge in [0.15, 0.2) is 6.61 Å². The number of aryl methyl sites for hydroxylation is 1. The van der Waals surface area contributed by atoms with Crippen molar-refractivity contribution in [3.63, 3.8) is 0 Å². The summed E-state index contributed by atoms with van der Waals surface area (Å²) in [4.78, 5) is 36.5. The van der Waals surface area contributed by atoms with Crippen LogP contribution in [0.5, 0.6) is 0 Å². The number of amides is 2. The van der Waals surface area contributed by atoms with Gasteiger partial charge in [-0.25, -0.2) is 4.79 Å². The fraction of sp³-hybridized carbons (Fsp3) is 0.111. The molecule has 9 heteroatoms. The van der Waals surface area contributed by atoms with Crippen LogP contribution in [0.3, 0.4) is 0 Å². The summed E-state index contributed by atoms with van der Waals surface area (Å²) in [6, 6.07) is 10.1. The van der Waals surface area contributed by atoms with E-state index in [4.69, 9.17) is 20.9 Å². The number of nitrogens with zero attached hydrogens (tertiary/aromatic N) is 1. The summed E-state index contributed by atoms with van der Waals surface area (Å²) >= 11 is 7.34. The molecule has 1 aromatic carbocycles. The third kappa shape index (κ3) is 4.24. The molecule has 138 valence electrons. The van der Waals surface area contributed by atoms with Gasteiger partial charge in [0.25, 0.3) is 11.8 Å². The summed E-state index contributed by atoms with van der Waals surface area (Å²) in [5.41, 5.74) is 0.791. The predicted molar refractivity (Wildman–Crippen MR) is 98.8 cm³/mol. The highest BCUT2D eigenvalue weighted by Crippen LogP contribution is 2.31. The van der Waals surface area contributed by atoms with Crippen LogP contribution in [0.15, 0.2) is 46.3 Å². The molecule has 0 saturated heterocycles. The van der Waals surface area contributed by atoms with Gasteiger partial charge >= 0.3 is 5.97 Å². The predicted octanol–water partition coefficient (Wildman–Crippen LogP) is 3.48. The maximum absolute atomic E-state index is 12.4. The minimum absolute atomic E-state index is 0.0699. The molecule has 0 unspecified atom stereocenters. The molecule has 0 saturated carbocycles. The molecule has 2 amide bonds. The molecule has 2 heterocycles. The number of hydrogen-bond donors (Lipinski definition) is 1. The number of benzene rings is 1. The van der Waals surface area contributed by atoms with Crippen LogP contribution >= 0.6 is 22.9 Å². The first-order valence-corrected chi connectivity index (χ1v) is 8.99. The zero-order chi connectivity index (χ0) is 19.4. The van der Waals surface area contributed by atoms with E-state index in [2.05, 4.69) is 10.5 Å². The molecular formula is C18H13ClN2O5S. The number of carbonyl (C=O) groups excluding carboxylic acids is 3. The van der Waals surface area contributed by atoms with Gasteiger partial charge in [-0.3, -0.25) is 14.9 Å². The van der Waals surface area contributed by atoms with Gasteiger partial charge in [0.05, 0.1) is 9.90 Å². The van der Waals surface area contributed by atoms with Gasteiger partial charge in [-0.2, -0.15) is 0 Å². The Balaban J connectivity index is 1.68. The molecule has 0 aliphatic heterocycles. The van der Waals surface area contributed by atoms with E-state index in [9.17, 15) is 14.4 Å². The highest BCUT2D eigenvalue weighted by atomic mass is 35.5. The molecule has 2 aromatic heterocycles. The first-order chi connectivity index (χ1) is 13.0. The van der Waals surface area contributed by atoms with Crippen LogP contribution in [-0.4, -0.2) is 29.5 Å². The normalized spacial score (nSPS) is 10.4. The maximum Gasteiger partial charge on any atom is 0.344 e. The van der Waals surface area contributed by atoms with Crippen molar-refractivity contribution in [2.24, 2.45) is 0 Å². The molecule has 3 aromatic rings. The number of halogens is 1. The second-order valence-corrected chi connectivity index (χ2v) is 6.73. The summed E-state index contributed by atoms with van der Waals surface area (Å²) in [7, 11) is 0. The number of thiophene rings is 1. The smallest absolute Gasteiger partial charge is 0.344 e. The Morgan fingerprint density at radius 1 is 1.22 bits per heavy atom. The van der Waals surface area contributed by atoms with Gasteiger partial charge in [-0.15, -0.1) is 11.3 Å². The standard InChI is InChI=1S/C18H13ClN2O5S/c1-10-15(16(21-26-10)11-5-2-3-6-12(11)19)18(24)25-9-14(22)20-17(23)13-7-4-8-27-13/h2-8H,9H2,1H3,(H,20,22,23). The highest BCUT2D eigenvalue weighted by Gasteiger charge is 2.25. The van der Waals surface area contributed by atoms with Crippen molar-refractivity contribution in [2.45, 2.75) is 6.92 Å². The number of aromatic nitrogens is 1. The molecule has 0 atom stereocenters. The average molecular weight is 405 g/mol. The Hall–Kier alpha value is -2.97. The number of rotatable bonds is 5. The summed E-state index contributed by atoms with van der Waals surface area (Å²) in [6.45, 7) is 0.923. The molecule has 1 N–H and O–H groups in total. The van der Waals surface area contributed by atoms with Crippen LogP contribution in [0.4, 0.5) is 0 Å². The SMILES string of the molecule is Cc1onc(-c2ccccc2Cl)c1C(=O)OCC(=O)NC(=O)c1cccs1. The van der Waals surface area contributed by atoms with Gasteiger partial charge in [0, 0.05) is 5.56 Å². The van der Waals surface area contributed by atoms with Crippen LogP contribution < -0.4 is 5.32 Å². The first-order valence-electron chi connectivity index (χ1n) is 7.73. The van der Waals surface area contributed by atoms with Crippen molar-refractivity contribution in [1.82, 2.24) is 10.5 Å².